The Morgan fingerprint density at radius 1 is 1.11 bits per heavy atom. The fourth-order valence-corrected chi connectivity index (χ4v) is 1.66. The van der Waals surface area contributed by atoms with Gasteiger partial charge in [-0.05, 0) is 42.7 Å². The fraction of sp³-hybridized carbons (Fsp3) is 0.214. The lowest BCUT2D eigenvalue weighted by Gasteiger charge is -2.06. The van der Waals surface area contributed by atoms with Gasteiger partial charge in [-0.1, -0.05) is 6.07 Å². The molecule has 1 aromatic heterocycles. The number of anilines is 1. The Bertz CT molecular complexity index is 504. The smallest absolute Gasteiger partial charge is 0.126 e. The highest BCUT2D eigenvalue weighted by Crippen LogP contribution is 2.09. The first-order valence-corrected chi connectivity index (χ1v) is 5.75. The van der Waals surface area contributed by atoms with Crippen molar-refractivity contribution < 1.29 is 8.78 Å². The number of rotatable bonds is 4. The molecule has 0 aliphatic carbocycles. The first kappa shape index (κ1) is 12.5. The van der Waals surface area contributed by atoms with Crippen LogP contribution in [0.3, 0.4) is 0 Å². The Kier molecular flexibility index (Phi) is 3.87. The molecule has 0 saturated carbocycles. The van der Waals surface area contributed by atoms with Crippen molar-refractivity contribution in [3.05, 3.63) is 59.3 Å². The van der Waals surface area contributed by atoms with E-state index in [2.05, 4.69) is 10.3 Å². The van der Waals surface area contributed by atoms with E-state index in [0.717, 1.165) is 17.4 Å². The van der Waals surface area contributed by atoms with E-state index < -0.39 is 11.6 Å². The quantitative estimate of drug-likeness (QED) is 0.897. The zero-order valence-electron chi connectivity index (χ0n) is 10.1. The molecule has 0 spiro atoms. The number of pyridine rings is 1. The molecule has 18 heavy (non-hydrogen) atoms. The van der Waals surface area contributed by atoms with Gasteiger partial charge < -0.3 is 5.32 Å². The van der Waals surface area contributed by atoms with Crippen molar-refractivity contribution in [1.29, 1.82) is 0 Å². The SMILES string of the molecule is Cc1ccc(NCCc2cc(F)cc(F)c2)nc1. The predicted octanol–water partition coefficient (Wildman–Crippen LogP) is 3.32. The van der Waals surface area contributed by atoms with Crippen LogP contribution in [0.2, 0.25) is 0 Å². The summed E-state index contributed by atoms with van der Waals surface area (Å²) in [5.41, 5.74) is 1.72. The summed E-state index contributed by atoms with van der Waals surface area (Å²) < 4.78 is 25.9. The van der Waals surface area contributed by atoms with Crippen molar-refractivity contribution >= 4 is 5.82 Å². The average Bonchev–Trinajstić information content (AvgIpc) is 2.30. The summed E-state index contributed by atoms with van der Waals surface area (Å²) in [6.07, 6.45) is 2.31. The van der Waals surface area contributed by atoms with Crippen LogP contribution in [0.15, 0.2) is 36.5 Å². The second-order valence-corrected chi connectivity index (χ2v) is 4.18. The molecule has 0 bridgehead atoms. The predicted molar refractivity (Wildman–Crippen MR) is 67.5 cm³/mol. The lowest BCUT2D eigenvalue weighted by molar-refractivity contribution is 0.580. The van der Waals surface area contributed by atoms with Crippen LogP contribution in [-0.2, 0) is 6.42 Å². The molecule has 0 amide bonds. The number of hydrogen-bond acceptors (Lipinski definition) is 2. The highest BCUT2D eigenvalue weighted by molar-refractivity contribution is 5.35. The first-order valence-electron chi connectivity index (χ1n) is 5.75. The Balaban J connectivity index is 1.90. The van der Waals surface area contributed by atoms with E-state index >= 15 is 0 Å². The molecule has 2 aromatic rings. The standard InChI is InChI=1S/C14H14F2N2/c1-10-2-3-14(18-9-10)17-5-4-11-6-12(15)8-13(16)7-11/h2-3,6-9H,4-5H2,1H3,(H,17,18). The minimum Gasteiger partial charge on any atom is -0.370 e. The largest absolute Gasteiger partial charge is 0.370 e. The van der Waals surface area contributed by atoms with Crippen LogP contribution < -0.4 is 5.32 Å². The first-order chi connectivity index (χ1) is 8.63. The van der Waals surface area contributed by atoms with E-state index in [1.807, 2.05) is 19.1 Å². The highest BCUT2D eigenvalue weighted by atomic mass is 19.1. The van der Waals surface area contributed by atoms with Crippen LogP contribution in [-0.4, -0.2) is 11.5 Å². The van der Waals surface area contributed by atoms with Gasteiger partial charge in [0.2, 0.25) is 0 Å². The average molecular weight is 248 g/mol. The Morgan fingerprint density at radius 3 is 2.44 bits per heavy atom. The highest BCUT2D eigenvalue weighted by Gasteiger charge is 2.00. The number of aryl methyl sites for hydroxylation is 1. The van der Waals surface area contributed by atoms with Crippen molar-refractivity contribution in [2.45, 2.75) is 13.3 Å². The van der Waals surface area contributed by atoms with Crippen LogP contribution in [0.5, 0.6) is 0 Å². The van der Waals surface area contributed by atoms with Gasteiger partial charge in [-0.15, -0.1) is 0 Å². The molecule has 1 aromatic carbocycles. The molecule has 2 rings (SSSR count). The van der Waals surface area contributed by atoms with Crippen molar-refractivity contribution in [2.75, 3.05) is 11.9 Å². The van der Waals surface area contributed by atoms with Gasteiger partial charge in [0.15, 0.2) is 0 Å². The van der Waals surface area contributed by atoms with E-state index in [0.29, 0.717) is 18.5 Å². The van der Waals surface area contributed by atoms with Gasteiger partial charge in [0.25, 0.3) is 0 Å². The topological polar surface area (TPSA) is 24.9 Å². The summed E-state index contributed by atoms with van der Waals surface area (Å²) in [5, 5.41) is 3.10. The number of nitrogens with one attached hydrogen (secondary N) is 1. The minimum absolute atomic E-state index is 0.543. The Hall–Kier alpha value is -1.97. The van der Waals surface area contributed by atoms with Crippen LogP contribution in [0.1, 0.15) is 11.1 Å². The molecule has 4 heteroatoms. The van der Waals surface area contributed by atoms with E-state index in [9.17, 15) is 8.78 Å². The Labute approximate surface area is 105 Å². The molecule has 0 aliphatic rings. The van der Waals surface area contributed by atoms with Gasteiger partial charge in [-0.2, -0.15) is 0 Å². The molecular formula is C14H14F2N2. The van der Waals surface area contributed by atoms with Gasteiger partial charge >= 0.3 is 0 Å². The fourth-order valence-electron chi connectivity index (χ4n) is 1.66. The van der Waals surface area contributed by atoms with Crippen LogP contribution in [0, 0.1) is 18.6 Å². The third kappa shape index (κ3) is 3.52. The Morgan fingerprint density at radius 2 is 1.83 bits per heavy atom. The van der Waals surface area contributed by atoms with E-state index in [1.165, 1.54) is 12.1 Å². The molecule has 1 N–H and O–H groups in total. The van der Waals surface area contributed by atoms with E-state index in [1.54, 1.807) is 6.20 Å². The summed E-state index contributed by atoms with van der Waals surface area (Å²) in [4.78, 5) is 4.19. The third-order valence-electron chi connectivity index (χ3n) is 2.55. The maximum absolute atomic E-state index is 12.9. The lowest BCUT2D eigenvalue weighted by atomic mass is 10.1. The molecule has 0 aliphatic heterocycles. The second kappa shape index (κ2) is 5.58. The maximum atomic E-state index is 12.9. The van der Waals surface area contributed by atoms with Crippen LogP contribution in [0.25, 0.3) is 0 Å². The number of aromatic nitrogens is 1. The zero-order valence-corrected chi connectivity index (χ0v) is 10.1. The monoisotopic (exact) mass is 248 g/mol. The van der Waals surface area contributed by atoms with Gasteiger partial charge in [-0.3, -0.25) is 0 Å². The molecule has 94 valence electrons. The lowest BCUT2D eigenvalue weighted by Crippen LogP contribution is -2.06. The van der Waals surface area contributed by atoms with E-state index in [4.69, 9.17) is 0 Å². The van der Waals surface area contributed by atoms with Crippen molar-refractivity contribution in [3.8, 4) is 0 Å². The third-order valence-corrected chi connectivity index (χ3v) is 2.55. The van der Waals surface area contributed by atoms with Gasteiger partial charge in [0.05, 0.1) is 0 Å². The maximum Gasteiger partial charge on any atom is 0.126 e. The number of nitrogens with zero attached hydrogens (tertiary/aromatic N) is 1. The van der Waals surface area contributed by atoms with Crippen LogP contribution in [0.4, 0.5) is 14.6 Å². The molecule has 2 nitrogen and oxygen atoms in total. The molecule has 1 heterocycles. The molecule has 0 fully saturated rings. The van der Waals surface area contributed by atoms with Gasteiger partial charge in [0.1, 0.15) is 17.5 Å². The van der Waals surface area contributed by atoms with Gasteiger partial charge in [-0.25, -0.2) is 13.8 Å². The molecule has 0 saturated heterocycles. The summed E-state index contributed by atoms with van der Waals surface area (Å²) in [5.74, 6) is -0.325. The van der Waals surface area contributed by atoms with E-state index in [-0.39, 0.29) is 0 Å². The normalized spacial score (nSPS) is 10.4. The summed E-state index contributed by atoms with van der Waals surface area (Å²) in [6, 6.07) is 7.39. The molecule has 0 unspecified atom stereocenters. The van der Waals surface area contributed by atoms with Gasteiger partial charge in [0, 0.05) is 18.8 Å². The summed E-state index contributed by atoms with van der Waals surface area (Å²) >= 11 is 0. The minimum atomic E-state index is -0.543. The molecular weight excluding hydrogens is 234 g/mol. The summed E-state index contributed by atoms with van der Waals surface area (Å²) in [7, 11) is 0. The molecule has 0 atom stereocenters. The van der Waals surface area contributed by atoms with Crippen LogP contribution >= 0.6 is 0 Å². The van der Waals surface area contributed by atoms with Crippen molar-refractivity contribution in [2.24, 2.45) is 0 Å². The number of benzene rings is 1. The number of hydrogen-bond donors (Lipinski definition) is 1. The second-order valence-electron chi connectivity index (χ2n) is 4.18. The summed E-state index contributed by atoms with van der Waals surface area (Å²) in [6.45, 7) is 2.55. The van der Waals surface area contributed by atoms with Crippen molar-refractivity contribution in [1.82, 2.24) is 4.98 Å². The zero-order chi connectivity index (χ0) is 13.0. The molecule has 0 radical (unpaired) electrons. The van der Waals surface area contributed by atoms with Crippen molar-refractivity contribution in [3.63, 3.8) is 0 Å². The number of halogens is 2.